The minimum Gasteiger partial charge on any atom is -0.405 e. The van der Waals surface area contributed by atoms with Gasteiger partial charge in [0, 0.05) is 22.8 Å². The summed E-state index contributed by atoms with van der Waals surface area (Å²) in [5, 5.41) is 11.8. The van der Waals surface area contributed by atoms with Gasteiger partial charge in [0.15, 0.2) is 5.75 Å². The van der Waals surface area contributed by atoms with Crippen LogP contribution in [0, 0.1) is 13.8 Å². The Morgan fingerprint density at radius 1 is 1.35 bits per heavy atom. The van der Waals surface area contributed by atoms with E-state index in [0.29, 0.717) is 11.3 Å². The van der Waals surface area contributed by atoms with Crippen LogP contribution in [0.3, 0.4) is 0 Å². The Balaban J connectivity index is 2.35. The molecular weight excluding hydrogens is 406 g/mol. The molecule has 1 aromatic heterocycles. The fourth-order valence-corrected chi connectivity index (χ4v) is 2.74. The predicted octanol–water partition coefficient (Wildman–Crippen LogP) is 2.52. The van der Waals surface area contributed by atoms with Crippen molar-refractivity contribution < 1.29 is 19.5 Å². The molecule has 0 aliphatic rings. The lowest BCUT2D eigenvalue weighted by atomic mass is 10.1. The molecule has 0 spiro atoms. The standard InChI is InChI=1S/C17H20BrN3O5/c1-10-8-12(18)4-5-13(10)19-15-11(2)16(23)21(3)9-14(15)26-17(24)20-25-7-6-22/h4-5,8-9,19,22H,6-7H2,1-3H3,(H,20,24). The first-order valence-electron chi connectivity index (χ1n) is 7.77. The van der Waals surface area contributed by atoms with Gasteiger partial charge in [-0.05, 0) is 37.6 Å². The first-order valence-corrected chi connectivity index (χ1v) is 8.56. The molecule has 140 valence electrons. The molecule has 0 saturated heterocycles. The largest absolute Gasteiger partial charge is 0.436 e. The van der Waals surface area contributed by atoms with Gasteiger partial charge >= 0.3 is 6.09 Å². The van der Waals surface area contributed by atoms with E-state index >= 15 is 0 Å². The first kappa shape index (κ1) is 20.0. The van der Waals surface area contributed by atoms with Crippen LogP contribution in [0.25, 0.3) is 0 Å². The second kappa shape index (κ2) is 8.84. The van der Waals surface area contributed by atoms with Gasteiger partial charge in [0.2, 0.25) is 0 Å². The van der Waals surface area contributed by atoms with Gasteiger partial charge < -0.3 is 19.7 Å². The first-order chi connectivity index (χ1) is 12.3. The van der Waals surface area contributed by atoms with Gasteiger partial charge in [0.1, 0.15) is 0 Å². The summed E-state index contributed by atoms with van der Waals surface area (Å²) >= 11 is 3.40. The monoisotopic (exact) mass is 425 g/mol. The molecule has 0 fully saturated rings. The number of rotatable bonds is 6. The number of hydrogen-bond donors (Lipinski definition) is 3. The second-order valence-corrected chi connectivity index (χ2v) is 6.47. The van der Waals surface area contributed by atoms with Crippen LogP contribution in [0.5, 0.6) is 5.75 Å². The Morgan fingerprint density at radius 2 is 2.08 bits per heavy atom. The quantitative estimate of drug-likeness (QED) is 0.485. The van der Waals surface area contributed by atoms with Gasteiger partial charge in [-0.2, -0.15) is 5.48 Å². The average molecular weight is 426 g/mol. The van der Waals surface area contributed by atoms with Gasteiger partial charge in [-0.25, -0.2) is 4.79 Å². The number of ether oxygens (including phenoxy) is 1. The van der Waals surface area contributed by atoms with Crippen LogP contribution in [-0.4, -0.2) is 29.0 Å². The molecule has 0 radical (unpaired) electrons. The fourth-order valence-electron chi connectivity index (χ4n) is 2.27. The van der Waals surface area contributed by atoms with Crippen molar-refractivity contribution in [2.45, 2.75) is 13.8 Å². The fraction of sp³-hybridized carbons (Fsp3) is 0.294. The molecule has 1 heterocycles. The molecule has 3 N–H and O–H groups in total. The van der Waals surface area contributed by atoms with Crippen molar-refractivity contribution in [1.82, 2.24) is 10.0 Å². The van der Waals surface area contributed by atoms with E-state index in [1.807, 2.05) is 25.1 Å². The van der Waals surface area contributed by atoms with Crippen LogP contribution in [-0.2, 0) is 11.9 Å². The zero-order valence-electron chi connectivity index (χ0n) is 14.6. The zero-order chi connectivity index (χ0) is 19.3. The summed E-state index contributed by atoms with van der Waals surface area (Å²) in [4.78, 5) is 28.8. The summed E-state index contributed by atoms with van der Waals surface area (Å²) in [7, 11) is 1.57. The van der Waals surface area contributed by atoms with E-state index < -0.39 is 6.09 Å². The van der Waals surface area contributed by atoms with Crippen LogP contribution in [0.4, 0.5) is 16.2 Å². The Morgan fingerprint density at radius 3 is 2.73 bits per heavy atom. The van der Waals surface area contributed by atoms with Crippen molar-refractivity contribution >= 4 is 33.4 Å². The van der Waals surface area contributed by atoms with E-state index in [2.05, 4.69) is 26.7 Å². The third kappa shape index (κ3) is 4.84. The molecule has 1 amide bonds. The summed E-state index contributed by atoms with van der Waals surface area (Å²) < 4.78 is 7.51. The van der Waals surface area contributed by atoms with Crippen molar-refractivity contribution in [2.75, 3.05) is 18.5 Å². The van der Waals surface area contributed by atoms with E-state index in [1.165, 1.54) is 10.8 Å². The lowest BCUT2D eigenvalue weighted by Crippen LogP contribution is -2.29. The molecule has 9 heteroatoms. The number of aliphatic hydroxyl groups excluding tert-OH is 1. The predicted molar refractivity (Wildman–Crippen MR) is 101 cm³/mol. The SMILES string of the molecule is Cc1cc(Br)ccc1Nc1c(OC(=O)NOCCO)cn(C)c(=O)c1C. The topological polar surface area (TPSA) is 102 Å². The number of carbonyl (C=O) groups is 1. The number of pyridine rings is 1. The lowest BCUT2D eigenvalue weighted by molar-refractivity contribution is 0.0246. The van der Waals surface area contributed by atoms with E-state index in [1.54, 1.807) is 14.0 Å². The van der Waals surface area contributed by atoms with Crippen LogP contribution in [0.15, 0.2) is 33.7 Å². The van der Waals surface area contributed by atoms with Gasteiger partial charge in [0.05, 0.1) is 25.1 Å². The average Bonchev–Trinajstić information content (AvgIpc) is 2.58. The normalized spacial score (nSPS) is 10.5. The number of halogens is 1. The number of carbonyl (C=O) groups excluding carboxylic acids is 1. The smallest absolute Gasteiger partial charge is 0.405 e. The lowest BCUT2D eigenvalue weighted by Gasteiger charge is -2.17. The molecule has 0 atom stereocenters. The maximum Gasteiger partial charge on any atom is 0.436 e. The molecule has 0 saturated carbocycles. The summed E-state index contributed by atoms with van der Waals surface area (Å²) in [6.45, 7) is 3.25. The van der Waals surface area contributed by atoms with Gasteiger partial charge in [-0.1, -0.05) is 15.9 Å². The van der Waals surface area contributed by atoms with Crippen molar-refractivity contribution in [3.63, 3.8) is 0 Å². The van der Waals surface area contributed by atoms with Crippen molar-refractivity contribution in [2.24, 2.45) is 7.05 Å². The molecule has 1 aromatic carbocycles. The number of anilines is 2. The van der Waals surface area contributed by atoms with E-state index in [-0.39, 0.29) is 24.5 Å². The van der Waals surface area contributed by atoms with Crippen LogP contribution in [0.1, 0.15) is 11.1 Å². The number of benzene rings is 1. The highest BCUT2D eigenvalue weighted by molar-refractivity contribution is 9.10. The second-order valence-electron chi connectivity index (χ2n) is 5.56. The van der Waals surface area contributed by atoms with E-state index in [0.717, 1.165) is 15.7 Å². The number of amides is 1. The molecule has 26 heavy (non-hydrogen) atoms. The van der Waals surface area contributed by atoms with E-state index in [4.69, 9.17) is 14.7 Å². The number of aromatic nitrogens is 1. The zero-order valence-corrected chi connectivity index (χ0v) is 16.2. The molecule has 0 unspecified atom stereocenters. The number of nitrogens with one attached hydrogen (secondary N) is 2. The van der Waals surface area contributed by atoms with Crippen LogP contribution < -0.4 is 21.1 Å². The number of hydroxylamine groups is 1. The third-order valence-corrected chi connectivity index (χ3v) is 4.07. The molecule has 2 aromatic rings. The molecule has 8 nitrogen and oxygen atoms in total. The number of hydrogen-bond acceptors (Lipinski definition) is 6. The number of nitrogens with zero attached hydrogens (tertiary/aromatic N) is 1. The van der Waals surface area contributed by atoms with Gasteiger partial charge in [0.25, 0.3) is 5.56 Å². The Hall–Kier alpha value is -2.36. The number of aryl methyl sites for hydroxylation is 2. The molecule has 0 aliphatic heterocycles. The van der Waals surface area contributed by atoms with Crippen LogP contribution in [0.2, 0.25) is 0 Å². The summed E-state index contributed by atoms with van der Waals surface area (Å²) in [5.74, 6) is 0.164. The van der Waals surface area contributed by atoms with Crippen molar-refractivity contribution in [1.29, 1.82) is 0 Å². The molecule has 0 bridgehead atoms. The maximum absolute atomic E-state index is 12.3. The Labute approximate surface area is 158 Å². The van der Waals surface area contributed by atoms with Gasteiger partial charge in [-0.3, -0.25) is 9.63 Å². The van der Waals surface area contributed by atoms with Gasteiger partial charge in [-0.15, -0.1) is 0 Å². The minimum atomic E-state index is -0.868. The minimum absolute atomic E-state index is 0.0649. The summed E-state index contributed by atoms with van der Waals surface area (Å²) in [6.07, 6.45) is 0.546. The molecule has 2 rings (SSSR count). The Bertz CT molecular complexity index is 866. The number of aliphatic hydroxyl groups is 1. The highest BCUT2D eigenvalue weighted by Crippen LogP contribution is 2.31. The van der Waals surface area contributed by atoms with Crippen LogP contribution >= 0.6 is 15.9 Å². The molecule has 0 aliphatic carbocycles. The third-order valence-electron chi connectivity index (χ3n) is 3.57. The highest BCUT2D eigenvalue weighted by atomic mass is 79.9. The van der Waals surface area contributed by atoms with Crippen molar-refractivity contribution in [3.8, 4) is 5.75 Å². The maximum atomic E-state index is 12.3. The van der Waals surface area contributed by atoms with Crippen molar-refractivity contribution in [3.05, 3.63) is 50.3 Å². The van der Waals surface area contributed by atoms with E-state index in [9.17, 15) is 9.59 Å². The Kier molecular flexibility index (Phi) is 6.78. The highest BCUT2D eigenvalue weighted by Gasteiger charge is 2.17. The molecular formula is C17H20BrN3O5. The summed E-state index contributed by atoms with van der Waals surface area (Å²) in [6, 6.07) is 5.64. The summed E-state index contributed by atoms with van der Waals surface area (Å²) in [5.41, 5.74) is 4.34.